The number of unbranched alkanes of at least 4 members (excludes halogenated alkanes) is 2. The monoisotopic (exact) mass is 475 g/mol. The second-order valence-corrected chi connectivity index (χ2v) is 8.38. The third-order valence-electron chi connectivity index (χ3n) is 5.54. The summed E-state index contributed by atoms with van der Waals surface area (Å²) in [5.41, 5.74) is 2.10. The van der Waals surface area contributed by atoms with Crippen LogP contribution in [0.3, 0.4) is 0 Å². The lowest BCUT2D eigenvalue weighted by molar-refractivity contribution is -0.117. The number of ether oxygens (including phenoxy) is 2. The molecule has 0 fully saturated rings. The molecule has 35 heavy (non-hydrogen) atoms. The molecule has 182 valence electrons. The van der Waals surface area contributed by atoms with Gasteiger partial charge in [-0.1, -0.05) is 0 Å². The van der Waals surface area contributed by atoms with Gasteiger partial charge >= 0.3 is 0 Å². The van der Waals surface area contributed by atoms with Crippen molar-refractivity contribution in [1.82, 2.24) is 24.5 Å². The van der Waals surface area contributed by atoms with Crippen molar-refractivity contribution < 1.29 is 14.3 Å². The number of fused-ring (bicyclic) bond motifs is 1. The number of rotatable bonds is 12. The average Bonchev–Trinajstić information content (AvgIpc) is 3.28. The van der Waals surface area contributed by atoms with Gasteiger partial charge in [0.25, 0.3) is 5.56 Å². The van der Waals surface area contributed by atoms with Crippen LogP contribution >= 0.6 is 0 Å². The fraction of sp³-hybridized carbons (Fsp3) is 0.346. The Morgan fingerprint density at radius 3 is 2.71 bits per heavy atom. The van der Waals surface area contributed by atoms with Crippen LogP contribution in [0.4, 0.5) is 0 Å². The minimum absolute atomic E-state index is 0.191. The van der Waals surface area contributed by atoms with Crippen LogP contribution in [0.5, 0.6) is 11.5 Å². The van der Waals surface area contributed by atoms with Gasteiger partial charge in [-0.2, -0.15) is 10.2 Å². The van der Waals surface area contributed by atoms with Crippen molar-refractivity contribution in [1.29, 1.82) is 0 Å². The van der Waals surface area contributed by atoms with Gasteiger partial charge in [0.15, 0.2) is 0 Å². The zero-order valence-electron chi connectivity index (χ0n) is 20.0. The van der Waals surface area contributed by atoms with E-state index in [-0.39, 0.29) is 17.9 Å². The van der Waals surface area contributed by atoms with E-state index in [1.165, 1.54) is 10.7 Å². The van der Waals surface area contributed by atoms with E-state index in [0.717, 1.165) is 41.5 Å². The number of ketones is 1. The molecule has 0 aliphatic heterocycles. The smallest absolute Gasteiger partial charge is 0.266 e. The molecule has 0 radical (unpaired) electrons. The third-order valence-corrected chi connectivity index (χ3v) is 5.54. The summed E-state index contributed by atoms with van der Waals surface area (Å²) in [4.78, 5) is 27.7. The highest BCUT2D eigenvalue weighted by molar-refractivity contribution is 5.85. The lowest BCUT2D eigenvalue weighted by atomic mass is 10.1. The maximum atomic E-state index is 12.3. The van der Waals surface area contributed by atoms with E-state index < -0.39 is 0 Å². The summed E-state index contributed by atoms with van der Waals surface area (Å²) < 4.78 is 14.9. The number of nitrogens with zero attached hydrogens (tertiary/aromatic N) is 5. The van der Waals surface area contributed by atoms with Crippen LogP contribution in [-0.4, -0.2) is 43.5 Å². The van der Waals surface area contributed by atoms with Gasteiger partial charge in [-0.3, -0.25) is 14.5 Å². The van der Waals surface area contributed by atoms with Crippen LogP contribution in [0.1, 0.15) is 32.6 Å². The summed E-state index contributed by atoms with van der Waals surface area (Å²) in [7, 11) is 1.83. The summed E-state index contributed by atoms with van der Waals surface area (Å²) >= 11 is 0. The predicted octanol–water partition coefficient (Wildman–Crippen LogP) is 3.80. The Bertz CT molecular complexity index is 1360. The molecule has 4 rings (SSSR count). The number of Topliss-reactive ketones (excluding diaryl/α,β-unsaturated/α-hetero) is 1. The largest absolute Gasteiger partial charge is 0.494 e. The van der Waals surface area contributed by atoms with Crippen LogP contribution in [0.25, 0.3) is 22.2 Å². The molecular weight excluding hydrogens is 446 g/mol. The maximum absolute atomic E-state index is 12.3. The zero-order chi connectivity index (χ0) is 24.6. The Hall–Kier alpha value is -4.01. The number of aromatic nitrogens is 5. The van der Waals surface area contributed by atoms with E-state index in [2.05, 4.69) is 15.2 Å². The van der Waals surface area contributed by atoms with Crippen molar-refractivity contribution in [3.8, 4) is 22.8 Å². The zero-order valence-corrected chi connectivity index (χ0v) is 20.0. The van der Waals surface area contributed by atoms with Gasteiger partial charge in [-0.25, -0.2) is 4.68 Å². The first-order valence-corrected chi connectivity index (χ1v) is 11.7. The molecule has 3 heterocycles. The van der Waals surface area contributed by atoms with Crippen molar-refractivity contribution in [2.24, 2.45) is 7.05 Å². The molecule has 0 aliphatic rings. The van der Waals surface area contributed by atoms with Crippen LogP contribution in [0, 0.1) is 0 Å². The molecule has 0 saturated heterocycles. The highest BCUT2D eigenvalue weighted by atomic mass is 16.5. The quantitative estimate of drug-likeness (QED) is 0.287. The van der Waals surface area contributed by atoms with Crippen LogP contribution < -0.4 is 15.0 Å². The van der Waals surface area contributed by atoms with E-state index in [9.17, 15) is 9.59 Å². The Morgan fingerprint density at radius 2 is 1.91 bits per heavy atom. The Balaban J connectivity index is 1.35. The minimum atomic E-state index is -0.191. The molecule has 0 saturated carbocycles. The lowest BCUT2D eigenvalue weighted by Gasteiger charge is -2.11. The van der Waals surface area contributed by atoms with E-state index in [1.54, 1.807) is 36.1 Å². The van der Waals surface area contributed by atoms with Crippen LogP contribution in [0.15, 0.2) is 59.8 Å². The molecule has 9 nitrogen and oxygen atoms in total. The molecule has 3 aromatic heterocycles. The molecule has 0 aliphatic carbocycles. The third kappa shape index (κ3) is 6.53. The summed E-state index contributed by atoms with van der Waals surface area (Å²) in [6.45, 7) is 2.80. The molecule has 0 unspecified atom stereocenters. The molecule has 1 aromatic carbocycles. The number of carbonyl (C=O) groups is 1. The van der Waals surface area contributed by atoms with Gasteiger partial charge in [-0.05, 0) is 50.5 Å². The number of benzene rings is 1. The SMILES string of the molecule is CC(=O)CCCCCOc1ccc2c(OCCn3nc(-c4cnn(C)c4)ccc3=O)ccnc2c1. The standard InChI is InChI=1S/C26H29N5O4/c1-19(32)6-4-3-5-14-34-21-7-8-22-24(16-21)27-12-11-25(22)35-15-13-31-26(33)10-9-23(29-31)20-17-28-30(2)18-20/h7-12,16-18H,3-6,13-15H2,1-2H3. The van der Waals surface area contributed by atoms with Gasteiger partial charge in [0, 0.05) is 48.9 Å². The normalized spacial score (nSPS) is 11.0. The number of hydrogen-bond acceptors (Lipinski definition) is 7. The molecule has 4 aromatic rings. The molecule has 9 heteroatoms. The van der Waals surface area contributed by atoms with Crippen molar-refractivity contribution in [3.63, 3.8) is 0 Å². The second kappa shape index (κ2) is 11.4. The molecule has 0 bridgehead atoms. The summed E-state index contributed by atoms with van der Waals surface area (Å²) in [5, 5.41) is 9.46. The molecule has 0 amide bonds. The first-order valence-electron chi connectivity index (χ1n) is 11.7. The van der Waals surface area contributed by atoms with Crippen molar-refractivity contribution in [2.45, 2.75) is 39.2 Å². The van der Waals surface area contributed by atoms with Crippen molar-refractivity contribution in [2.75, 3.05) is 13.2 Å². The van der Waals surface area contributed by atoms with Gasteiger partial charge < -0.3 is 14.3 Å². The van der Waals surface area contributed by atoms with Crippen LogP contribution in [0.2, 0.25) is 0 Å². The van der Waals surface area contributed by atoms with Gasteiger partial charge in [0.2, 0.25) is 0 Å². The lowest BCUT2D eigenvalue weighted by Crippen LogP contribution is -2.25. The molecule has 0 N–H and O–H groups in total. The average molecular weight is 476 g/mol. The number of pyridine rings is 1. The van der Waals surface area contributed by atoms with Gasteiger partial charge in [0.1, 0.15) is 23.9 Å². The Labute approximate surface area is 203 Å². The van der Waals surface area contributed by atoms with E-state index in [1.807, 2.05) is 31.4 Å². The minimum Gasteiger partial charge on any atom is -0.494 e. The number of aryl methyl sites for hydroxylation is 1. The predicted molar refractivity (Wildman–Crippen MR) is 133 cm³/mol. The molecule has 0 spiro atoms. The number of carbonyl (C=O) groups excluding carboxylic acids is 1. The number of hydrogen-bond donors (Lipinski definition) is 0. The fourth-order valence-corrected chi connectivity index (χ4v) is 3.72. The van der Waals surface area contributed by atoms with E-state index in [0.29, 0.717) is 31.0 Å². The highest BCUT2D eigenvalue weighted by Crippen LogP contribution is 2.27. The maximum Gasteiger partial charge on any atom is 0.266 e. The Morgan fingerprint density at radius 1 is 1.03 bits per heavy atom. The van der Waals surface area contributed by atoms with Crippen LogP contribution in [-0.2, 0) is 18.4 Å². The van der Waals surface area contributed by atoms with E-state index in [4.69, 9.17) is 9.47 Å². The first kappa shape index (κ1) is 24.1. The second-order valence-electron chi connectivity index (χ2n) is 8.38. The van der Waals surface area contributed by atoms with Crippen molar-refractivity contribution in [3.05, 3.63) is 65.3 Å². The highest BCUT2D eigenvalue weighted by Gasteiger charge is 2.08. The summed E-state index contributed by atoms with van der Waals surface area (Å²) in [6.07, 6.45) is 8.64. The topological polar surface area (TPSA) is 101 Å². The fourth-order valence-electron chi connectivity index (χ4n) is 3.72. The first-order chi connectivity index (χ1) is 17.0. The molecule has 0 atom stereocenters. The summed E-state index contributed by atoms with van der Waals surface area (Å²) in [6, 6.07) is 10.7. The van der Waals surface area contributed by atoms with Gasteiger partial charge in [0.05, 0.1) is 30.6 Å². The van der Waals surface area contributed by atoms with E-state index >= 15 is 0 Å². The van der Waals surface area contributed by atoms with Gasteiger partial charge in [-0.15, -0.1) is 0 Å². The van der Waals surface area contributed by atoms with Crippen molar-refractivity contribution >= 4 is 16.7 Å². The Kier molecular flexibility index (Phi) is 7.87. The molecular formula is C26H29N5O4. The summed E-state index contributed by atoms with van der Waals surface area (Å²) in [5.74, 6) is 1.66.